The fraction of sp³-hybridized carbons (Fsp3) is 0.333. The molecule has 4 aliphatic heterocycles. The lowest BCUT2D eigenvalue weighted by Crippen LogP contribution is -2.48. The maximum absolute atomic E-state index is 13.8. The third-order valence-corrected chi connectivity index (χ3v) is 6.80. The summed E-state index contributed by atoms with van der Waals surface area (Å²) in [6.07, 6.45) is 3.04. The van der Waals surface area contributed by atoms with Gasteiger partial charge in [-0.05, 0) is 35.9 Å². The number of ether oxygens (including phenoxy) is 3. The van der Waals surface area contributed by atoms with E-state index in [9.17, 15) is 9.59 Å². The zero-order valence-electron chi connectivity index (χ0n) is 16.4. The van der Waals surface area contributed by atoms with Crippen LogP contribution in [0, 0.1) is 11.8 Å². The Morgan fingerprint density at radius 1 is 1.13 bits per heavy atom. The maximum Gasteiger partial charge on any atom is 0.218 e. The highest BCUT2D eigenvalue weighted by atomic mass is 16.7. The van der Waals surface area contributed by atoms with E-state index in [0.29, 0.717) is 17.9 Å². The van der Waals surface area contributed by atoms with Crippen LogP contribution in [0.5, 0.6) is 5.75 Å². The largest absolute Gasteiger partial charge is 0.497 e. The van der Waals surface area contributed by atoms with Crippen LogP contribution in [0.15, 0.2) is 54.6 Å². The van der Waals surface area contributed by atoms with E-state index in [1.807, 2.05) is 24.3 Å². The monoisotopic (exact) mass is 403 g/mol. The lowest BCUT2D eigenvalue weighted by atomic mass is 9.77. The number of para-hydroxylation sites is 1. The number of hydrogen-bond donors (Lipinski definition) is 0. The Kier molecular flexibility index (Phi) is 3.88. The first-order valence-electron chi connectivity index (χ1n) is 10.2. The molecule has 30 heavy (non-hydrogen) atoms. The molecule has 0 radical (unpaired) electrons. The van der Waals surface area contributed by atoms with Gasteiger partial charge in [0, 0.05) is 17.2 Å². The van der Waals surface area contributed by atoms with Crippen LogP contribution in [-0.2, 0) is 14.3 Å². The van der Waals surface area contributed by atoms with E-state index in [4.69, 9.17) is 14.2 Å². The molecule has 6 nitrogen and oxygen atoms in total. The zero-order chi connectivity index (χ0) is 20.4. The van der Waals surface area contributed by atoms with Crippen molar-refractivity contribution in [1.29, 1.82) is 0 Å². The predicted molar refractivity (Wildman–Crippen MR) is 109 cm³/mol. The molecule has 152 valence electrons. The SMILES string of the molecule is COc1ccc(C(=O)C2[C@H]3[C@@H]4CO[C@@H](O4)C(=O)[C@H]3C3C=Cc4ccccc4N23)cc1. The van der Waals surface area contributed by atoms with Gasteiger partial charge in [0.2, 0.25) is 6.29 Å². The van der Waals surface area contributed by atoms with Crippen molar-refractivity contribution in [2.24, 2.45) is 11.8 Å². The van der Waals surface area contributed by atoms with Crippen LogP contribution in [0.1, 0.15) is 15.9 Å². The second-order valence-corrected chi connectivity index (χ2v) is 8.20. The summed E-state index contributed by atoms with van der Waals surface area (Å²) in [7, 11) is 1.60. The molecule has 0 amide bonds. The highest BCUT2D eigenvalue weighted by molar-refractivity contribution is 6.05. The van der Waals surface area contributed by atoms with Crippen molar-refractivity contribution < 1.29 is 23.8 Å². The van der Waals surface area contributed by atoms with E-state index >= 15 is 0 Å². The number of anilines is 1. The molecule has 4 aliphatic rings. The topological polar surface area (TPSA) is 65.1 Å². The van der Waals surface area contributed by atoms with E-state index < -0.39 is 12.3 Å². The number of nitrogens with zero attached hydrogens (tertiary/aromatic N) is 1. The Morgan fingerprint density at radius 2 is 1.93 bits per heavy atom. The van der Waals surface area contributed by atoms with Crippen molar-refractivity contribution in [2.75, 3.05) is 18.6 Å². The molecule has 3 fully saturated rings. The van der Waals surface area contributed by atoms with Gasteiger partial charge in [0.05, 0.1) is 37.8 Å². The Bertz CT molecular complexity index is 1060. The summed E-state index contributed by atoms with van der Waals surface area (Å²) in [6.45, 7) is 0.343. The summed E-state index contributed by atoms with van der Waals surface area (Å²) in [5.74, 6) is 0.0442. The molecule has 2 aromatic rings. The lowest BCUT2D eigenvalue weighted by molar-refractivity contribution is -0.163. The van der Waals surface area contributed by atoms with Gasteiger partial charge in [0.1, 0.15) is 5.75 Å². The Morgan fingerprint density at radius 3 is 2.73 bits per heavy atom. The summed E-state index contributed by atoms with van der Waals surface area (Å²) in [4.78, 5) is 29.2. The fourth-order valence-corrected chi connectivity index (χ4v) is 5.50. The minimum absolute atomic E-state index is 0.0120. The molecule has 6 heteroatoms. The molecule has 0 N–H and O–H groups in total. The molecule has 0 aliphatic carbocycles. The number of carbonyl (C=O) groups is 2. The summed E-state index contributed by atoms with van der Waals surface area (Å²) >= 11 is 0. The minimum atomic E-state index is -0.807. The van der Waals surface area contributed by atoms with E-state index in [-0.39, 0.29) is 35.5 Å². The van der Waals surface area contributed by atoms with Crippen LogP contribution < -0.4 is 9.64 Å². The van der Waals surface area contributed by atoms with Crippen LogP contribution in [0.4, 0.5) is 5.69 Å². The van der Waals surface area contributed by atoms with E-state index in [1.165, 1.54) is 0 Å². The molecule has 6 atom stereocenters. The highest BCUT2D eigenvalue weighted by Gasteiger charge is 2.63. The van der Waals surface area contributed by atoms with E-state index in [0.717, 1.165) is 11.3 Å². The Hall–Kier alpha value is -2.96. The van der Waals surface area contributed by atoms with E-state index in [1.54, 1.807) is 31.4 Å². The average molecular weight is 403 g/mol. The van der Waals surface area contributed by atoms with Crippen molar-refractivity contribution in [2.45, 2.75) is 24.5 Å². The summed E-state index contributed by atoms with van der Waals surface area (Å²) < 4.78 is 16.7. The molecular weight excluding hydrogens is 382 g/mol. The lowest BCUT2D eigenvalue weighted by Gasteiger charge is -2.35. The van der Waals surface area contributed by atoms with Gasteiger partial charge in [-0.15, -0.1) is 0 Å². The number of fused-ring (bicyclic) bond motifs is 8. The van der Waals surface area contributed by atoms with Gasteiger partial charge < -0.3 is 19.1 Å². The molecule has 2 unspecified atom stereocenters. The van der Waals surface area contributed by atoms with Gasteiger partial charge in [-0.1, -0.05) is 30.4 Å². The van der Waals surface area contributed by atoms with Crippen LogP contribution in [0.2, 0.25) is 0 Å². The second kappa shape index (κ2) is 6.52. The van der Waals surface area contributed by atoms with Gasteiger partial charge in [0.25, 0.3) is 0 Å². The van der Waals surface area contributed by atoms with Crippen molar-refractivity contribution >= 4 is 23.3 Å². The molecule has 0 aromatic heterocycles. The number of benzene rings is 2. The predicted octanol–water partition coefficient (Wildman–Crippen LogP) is 2.72. The fourth-order valence-electron chi connectivity index (χ4n) is 5.50. The number of Topliss-reactive ketones (excluding diaryl/α,β-unsaturated/α-hetero) is 2. The van der Waals surface area contributed by atoms with Crippen molar-refractivity contribution in [3.8, 4) is 5.75 Å². The third kappa shape index (κ3) is 2.38. The molecule has 6 rings (SSSR count). The van der Waals surface area contributed by atoms with Crippen molar-refractivity contribution in [3.05, 3.63) is 65.7 Å². The van der Waals surface area contributed by atoms with Crippen LogP contribution in [0.25, 0.3) is 6.08 Å². The number of methoxy groups -OCH3 is 1. The minimum Gasteiger partial charge on any atom is -0.497 e. The standard InChI is InChI=1S/C24H21NO5/c1-28-15-9-6-14(7-10-15)22(26)21-20-18-12-29-24(30-18)23(27)19(20)17-11-8-13-4-2-3-5-16(13)25(17)21/h2-11,17-21,24H,12H2,1H3/t17?,18-,19-,20-,21?,24-/m0/s1. The molecule has 2 aromatic carbocycles. The second-order valence-electron chi connectivity index (χ2n) is 8.20. The quantitative estimate of drug-likeness (QED) is 0.735. The normalized spacial score (nSPS) is 33.1. The highest BCUT2D eigenvalue weighted by Crippen LogP contribution is 2.51. The van der Waals surface area contributed by atoms with Gasteiger partial charge >= 0.3 is 0 Å². The maximum atomic E-state index is 13.8. The van der Waals surface area contributed by atoms with Gasteiger partial charge in [-0.3, -0.25) is 9.59 Å². The molecule has 2 bridgehead atoms. The molecular formula is C24H21NO5. The number of carbonyl (C=O) groups excluding carboxylic acids is 2. The third-order valence-electron chi connectivity index (χ3n) is 6.80. The zero-order valence-corrected chi connectivity index (χ0v) is 16.4. The number of hydrogen-bond acceptors (Lipinski definition) is 6. The summed E-state index contributed by atoms with van der Waals surface area (Å²) in [5, 5.41) is 0. The number of ketones is 2. The van der Waals surface area contributed by atoms with Gasteiger partial charge in [-0.25, -0.2) is 0 Å². The smallest absolute Gasteiger partial charge is 0.218 e. The van der Waals surface area contributed by atoms with Gasteiger partial charge in [-0.2, -0.15) is 0 Å². The summed E-state index contributed by atoms with van der Waals surface area (Å²) in [5.41, 5.74) is 2.63. The Labute approximate surface area is 174 Å². The van der Waals surface area contributed by atoms with Crippen LogP contribution in [-0.4, -0.2) is 49.8 Å². The first kappa shape index (κ1) is 17.9. The summed E-state index contributed by atoms with van der Waals surface area (Å²) in [6, 6.07) is 14.5. The van der Waals surface area contributed by atoms with Crippen LogP contribution in [0.3, 0.4) is 0 Å². The molecule has 0 spiro atoms. The van der Waals surface area contributed by atoms with Crippen molar-refractivity contribution in [1.82, 2.24) is 0 Å². The Balaban J connectivity index is 1.49. The van der Waals surface area contributed by atoms with Crippen molar-refractivity contribution in [3.63, 3.8) is 0 Å². The molecule has 3 saturated heterocycles. The molecule has 4 heterocycles. The first-order valence-corrected chi connectivity index (χ1v) is 10.2. The molecule has 0 saturated carbocycles. The average Bonchev–Trinajstić information content (AvgIpc) is 3.38. The first-order chi connectivity index (χ1) is 14.7. The van der Waals surface area contributed by atoms with Crippen LogP contribution >= 0.6 is 0 Å². The number of rotatable bonds is 3. The van der Waals surface area contributed by atoms with E-state index in [2.05, 4.69) is 17.1 Å². The van der Waals surface area contributed by atoms with Gasteiger partial charge in [0.15, 0.2) is 11.6 Å².